The van der Waals surface area contributed by atoms with Crippen molar-refractivity contribution in [3.63, 3.8) is 0 Å². The number of hydrogen-bond acceptors (Lipinski definition) is 2. The number of hydrogen-bond donors (Lipinski definition) is 1. The number of aryl methyl sites for hydroxylation is 1. The van der Waals surface area contributed by atoms with Gasteiger partial charge in [0, 0.05) is 6.61 Å². The maximum atomic E-state index is 5.66. The van der Waals surface area contributed by atoms with Crippen LogP contribution in [0, 0.1) is 0 Å². The summed E-state index contributed by atoms with van der Waals surface area (Å²) in [6.45, 7) is 1.72. The van der Waals surface area contributed by atoms with Gasteiger partial charge in [-0.2, -0.15) is 0 Å². The Bertz CT molecular complexity index is 301. The quantitative estimate of drug-likeness (QED) is 0.773. The number of ether oxygens (including phenoxy) is 1. The van der Waals surface area contributed by atoms with Crippen LogP contribution in [0.25, 0.3) is 0 Å². The van der Waals surface area contributed by atoms with E-state index in [4.69, 9.17) is 10.5 Å². The third-order valence-corrected chi connectivity index (χ3v) is 3.20. The molecule has 1 unspecified atom stereocenters. The summed E-state index contributed by atoms with van der Waals surface area (Å²) in [7, 11) is 0. The van der Waals surface area contributed by atoms with Gasteiger partial charge in [-0.15, -0.1) is 0 Å². The molecule has 0 amide bonds. The summed E-state index contributed by atoms with van der Waals surface area (Å²) in [5, 5.41) is 0. The fourth-order valence-corrected chi connectivity index (χ4v) is 2.21. The van der Waals surface area contributed by atoms with Crippen LogP contribution in [0.15, 0.2) is 24.3 Å². The summed E-state index contributed by atoms with van der Waals surface area (Å²) in [6.07, 6.45) is 6.17. The average molecular weight is 219 g/mol. The molecular formula is C14H21NO. The van der Waals surface area contributed by atoms with E-state index in [0.29, 0.717) is 6.10 Å². The molecule has 2 N–H and O–H groups in total. The van der Waals surface area contributed by atoms with Gasteiger partial charge in [-0.1, -0.05) is 24.3 Å². The minimum atomic E-state index is 0.345. The zero-order valence-corrected chi connectivity index (χ0v) is 9.82. The van der Waals surface area contributed by atoms with Crippen molar-refractivity contribution in [1.82, 2.24) is 0 Å². The minimum Gasteiger partial charge on any atom is -0.374 e. The summed E-state index contributed by atoms with van der Waals surface area (Å²) in [4.78, 5) is 0. The predicted octanol–water partition coefficient (Wildman–Crippen LogP) is 2.82. The SMILES string of the molecule is NCCCCc1ccc(C2CCCO2)cc1. The monoisotopic (exact) mass is 219 g/mol. The summed E-state index contributed by atoms with van der Waals surface area (Å²) >= 11 is 0. The summed E-state index contributed by atoms with van der Waals surface area (Å²) < 4.78 is 5.66. The molecule has 0 bridgehead atoms. The Morgan fingerprint density at radius 2 is 2.00 bits per heavy atom. The lowest BCUT2D eigenvalue weighted by Gasteiger charge is -2.10. The van der Waals surface area contributed by atoms with Gasteiger partial charge in [0.15, 0.2) is 0 Å². The summed E-state index contributed by atoms with van der Waals surface area (Å²) in [6, 6.07) is 8.89. The first-order valence-corrected chi connectivity index (χ1v) is 6.30. The second-order valence-corrected chi connectivity index (χ2v) is 4.49. The predicted molar refractivity (Wildman–Crippen MR) is 66.4 cm³/mol. The van der Waals surface area contributed by atoms with Crippen molar-refractivity contribution in [2.45, 2.75) is 38.2 Å². The number of unbranched alkanes of at least 4 members (excludes halogenated alkanes) is 1. The zero-order valence-electron chi connectivity index (χ0n) is 9.82. The summed E-state index contributed by atoms with van der Waals surface area (Å²) in [5.41, 5.74) is 8.23. The molecule has 1 atom stereocenters. The van der Waals surface area contributed by atoms with Crippen LogP contribution in [0.5, 0.6) is 0 Å². The molecule has 16 heavy (non-hydrogen) atoms. The Kier molecular flexibility index (Phi) is 4.37. The van der Waals surface area contributed by atoms with Crippen LogP contribution in [0.2, 0.25) is 0 Å². The van der Waals surface area contributed by atoms with Gasteiger partial charge >= 0.3 is 0 Å². The molecule has 1 saturated heterocycles. The Hall–Kier alpha value is -0.860. The third-order valence-electron chi connectivity index (χ3n) is 3.20. The van der Waals surface area contributed by atoms with E-state index in [-0.39, 0.29) is 0 Å². The van der Waals surface area contributed by atoms with Crippen molar-refractivity contribution in [3.05, 3.63) is 35.4 Å². The van der Waals surface area contributed by atoms with Crippen LogP contribution >= 0.6 is 0 Å². The maximum absolute atomic E-state index is 5.66. The molecule has 2 rings (SSSR count). The molecule has 1 fully saturated rings. The van der Waals surface area contributed by atoms with E-state index in [1.165, 1.54) is 30.4 Å². The standard InChI is InChI=1S/C14H21NO/c15-10-2-1-4-12-6-8-13(9-7-12)14-5-3-11-16-14/h6-9,14H,1-5,10-11,15H2. The fourth-order valence-electron chi connectivity index (χ4n) is 2.21. The van der Waals surface area contributed by atoms with E-state index in [1.54, 1.807) is 0 Å². The van der Waals surface area contributed by atoms with Crippen LogP contribution in [-0.4, -0.2) is 13.2 Å². The van der Waals surface area contributed by atoms with Crippen LogP contribution in [0.3, 0.4) is 0 Å². The number of rotatable bonds is 5. The maximum Gasteiger partial charge on any atom is 0.0825 e. The van der Waals surface area contributed by atoms with Crippen LogP contribution < -0.4 is 5.73 Å². The Morgan fingerprint density at radius 3 is 2.62 bits per heavy atom. The van der Waals surface area contributed by atoms with Crippen molar-refractivity contribution in [2.24, 2.45) is 5.73 Å². The largest absolute Gasteiger partial charge is 0.374 e. The molecule has 0 spiro atoms. The Labute approximate surface area is 97.8 Å². The van der Waals surface area contributed by atoms with E-state index < -0.39 is 0 Å². The first kappa shape index (κ1) is 11.6. The van der Waals surface area contributed by atoms with Crippen molar-refractivity contribution in [1.29, 1.82) is 0 Å². The Morgan fingerprint density at radius 1 is 1.19 bits per heavy atom. The molecule has 0 saturated carbocycles. The lowest BCUT2D eigenvalue weighted by atomic mass is 10.0. The van der Waals surface area contributed by atoms with E-state index in [9.17, 15) is 0 Å². The smallest absolute Gasteiger partial charge is 0.0825 e. The second kappa shape index (κ2) is 6.02. The molecule has 0 aliphatic carbocycles. The highest BCUT2D eigenvalue weighted by molar-refractivity contribution is 5.24. The van der Waals surface area contributed by atoms with E-state index in [1.807, 2.05) is 0 Å². The van der Waals surface area contributed by atoms with E-state index in [0.717, 1.165) is 26.0 Å². The molecule has 0 aromatic heterocycles. The molecule has 1 aliphatic rings. The lowest BCUT2D eigenvalue weighted by molar-refractivity contribution is 0.112. The van der Waals surface area contributed by atoms with Crippen molar-refractivity contribution < 1.29 is 4.74 Å². The molecule has 1 heterocycles. The number of benzene rings is 1. The van der Waals surface area contributed by atoms with Crippen molar-refractivity contribution in [2.75, 3.05) is 13.2 Å². The van der Waals surface area contributed by atoms with Crippen molar-refractivity contribution in [3.8, 4) is 0 Å². The fraction of sp³-hybridized carbons (Fsp3) is 0.571. The molecule has 88 valence electrons. The van der Waals surface area contributed by atoms with Gasteiger partial charge in [-0.3, -0.25) is 0 Å². The molecule has 1 aromatic rings. The van der Waals surface area contributed by atoms with Crippen LogP contribution in [0.1, 0.15) is 42.9 Å². The Balaban J connectivity index is 1.88. The van der Waals surface area contributed by atoms with Gasteiger partial charge in [0.1, 0.15) is 0 Å². The highest BCUT2D eigenvalue weighted by atomic mass is 16.5. The normalized spacial score (nSPS) is 20.2. The van der Waals surface area contributed by atoms with Gasteiger partial charge in [0.05, 0.1) is 6.10 Å². The van der Waals surface area contributed by atoms with E-state index in [2.05, 4.69) is 24.3 Å². The van der Waals surface area contributed by atoms with Crippen LogP contribution in [-0.2, 0) is 11.2 Å². The number of nitrogens with two attached hydrogens (primary N) is 1. The van der Waals surface area contributed by atoms with Crippen LogP contribution in [0.4, 0.5) is 0 Å². The molecule has 1 aliphatic heterocycles. The lowest BCUT2D eigenvalue weighted by Crippen LogP contribution is -1.99. The molecular weight excluding hydrogens is 198 g/mol. The zero-order chi connectivity index (χ0) is 11.2. The first-order valence-electron chi connectivity index (χ1n) is 6.30. The van der Waals surface area contributed by atoms with Gasteiger partial charge in [0.25, 0.3) is 0 Å². The van der Waals surface area contributed by atoms with Gasteiger partial charge in [0.2, 0.25) is 0 Å². The van der Waals surface area contributed by atoms with Gasteiger partial charge in [-0.05, 0) is 49.8 Å². The minimum absolute atomic E-state index is 0.345. The summed E-state index contributed by atoms with van der Waals surface area (Å²) in [5.74, 6) is 0. The highest BCUT2D eigenvalue weighted by Crippen LogP contribution is 2.28. The van der Waals surface area contributed by atoms with E-state index >= 15 is 0 Å². The third kappa shape index (κ3) is 3.06. The molecule has 2 heteroatoms. The molecule has 1 aromatic carbocycles. The average Bonchev–Trinajstić information content (AvgIpc) is 2.84. The molecule has 0 radical (unpaired) electrons. The molecule has 2 nitrogen and oxygen atoms in total. The van der Waals surface area contributed by atoms with Gasteiger partial charge < -0.3 is 10.5 Å². The first-order chi connectivity index (χ1) is 7.90. The highest BCUT2D eigenvalue weighted by Gasteiger charge is 2.16. The topological polar surface area (TPSA) is 35.2 Å². The van der Waals surface area contributed by atoms with Crippen molar-refractivity contribution >= 4 is 0 Å². The van der Waals surface area contributed by atoms with Gasteiger partial charge in [-0.25, -0.2) is 0 Å². The second-order valence-electron chi connectivity index (χ2n) is 4.49.